The largest absolute Gasteiger partial charge is 0.527 e. The van der Waals surface area contributed by atoms with Gasteiger partial charge in [-0.15, -0.1) is 25.0 Å². The second-order valence-electron chi connectivity index (χ2n) is 15.6. The second-order valence-corrected chi connectivity index (χ2v) is 15.6. The van der Waals surface area contributed by atoms with E-state index in [1.807, 2.05) is 6.92 Å². The molecule has 3 fully saturated rings. The Bertz CT molecular complexity index is 1330. The van der Waals surface area contributed by atoms with Crippen LogP contribution in [0.25, 0.3) is 0 Å². The molecule has 0 amide bonds. The van der Waals surface area contributed by atoms with E-state index in [1.54, 1.807) is 0 Å². The number of hydrogen-bond acceptors (Lipinski definition) is 1. The van der Waals surface area contributed by atoms with Crippen molar-refractivity contribution in [2.45, 2.75) is 141 Å². The molecular weight excluding hydrogens is 705 g/mol. The Labute approximate surface area is 300 Å². The second kappa shape index (κ2) is 18.4. The van der Waals surface area contributed by atoms with E-state index in [4.69, 9.17) is 0 Å². The van der Waals surface area contributed by atoms with Crippen molar-refractivity contribution < 1.29 is 53.0 Å². The van der Waals surface area contributed by atoms with E-state index in [9.17, 15) is 30.7 Å². The van der Waals surface area contributed by atoms with E-state index < -0.39 is 73.1 Å². The molecule has 12 heteroatoms. The molecule has 52 heavy (non-hydrogen) atoms. The summed E-state index contributed by atoms with van der Waals surface area (Å²) in [5.74, 6) is -4.06. The summed E-state index contributed by atoms with van der Waals surface area (Å²) < 4.78 is 155. The fraction of sp³-hybridized carbons (Fsp3) is 0.750. The molecule has 0 bridgehead atoms. The third kappa shape index (κ3) is 12.7. The smallest absolute Gasteiger partial charge is 0.242 e. The monoisotopic (exact) mass is 756 g/mol. The number of rotatable bonds is 14. The average Bonchev–Trinajstić information content (AvgIpc) is 3.03. The lowest BCUT2D eigenvalue weighted by atomic mass is 9.64. The van der Waals surface area contributed by atoms with Gasteiger partial charge in [-0.2, -0.15) is 8.78 Å². The first kappa shape index (κ1) is 42.5. The lowest BCUT2D eigenvalue weighted by Crippen LogP contribution is -2.39. The first-order chi connectivity index (χ1) is 24.4. The number of hydrogen-bond donors (Lipinski definition) is 0. The van der Waals surface area contributed by atoms with Gasteiger partial charge in [-0.25, -0.2) is 31.1 Å². The van der Waals surface area contributed by atoms with Crippen LogP contribution >= 0.6 is 0 Å². The van der Waals surface area contributed by atoms with Gasteiger partial charge in [0, 0.05) is 19.3 Å². The minimum atomic E-state index is -5.82. The zero-order chi connectivity index (χ0) is 38.3. The molecule has 3 atom stereocenters. The van der Waals surface area contributed by atoms with E-state index in [2.05, 4.69) is 23.2 Å². The summed E-state index contributed by atoms with van der Waals surface area (Å²) in [6, 6.07) is 0. The van der Waals surface area contributed by atoms with Crippen LogP contribution in [-0.4, -0.2) is 24.6 Å². The third-order valence-corrected chi connectivity index (χ3v) is 11.9. The van der Waals surface area contributed by atoms with Crippen LogP contribution in [0.5, 0.6) is 0 Å². The maximum Gasteiger partial charge on any atom is 0.527 e. The molecule has 4 rings (SSSR count). The first-order valence-corrected chi connectivity index (χ1v) is 18.7. The van der Waals surface area contributed by atoms with Crippen LogP contribution in [-0.2, 0) is 4.74 Å². The van der Waals surface area contributed by atoms with Crippen LogP contribution in [0.2, 0.25) is 0 Å². The summed E-state index contributed by atoms with van der Waals surface area (Å²) in [6.07, 6.45) is -0.927. The molecule has 4 aliphatic carbocycles. The average molecular weight is 757 g/mol. The van der Waals surface area contributed by atoms with E-state index in [1.165, 1.54) is 57.8 Å². The summed E-state index contributed by atoms with van der Waals surface area (Å²) in [7, 11) is 0. The molecule has 0 spiro atoms. The van der Waals surface area contributed by atoms with Gasteiger partial charge in [0.2, 0.25) is 0 Å². The van der Waals surface area contributed by atoms with Gasteiger partial charge in [-0.3, -0.25) is 0 Å². The number of alkyl halides is 8. The van der Waals surface area contributed by atoms with Gasteiger partial charge in [0.25, 0.3) is 5.92 Å². The van der Waals surface area contributed by atoms with Gasteiger partial charge in [0.15, 0.2) is 0 Å². The predicted octanol–water partition coefficient (Wildman–Crippen LogP) is 13.8. The van der Waals surface area contributed by atoms with Crippen molar-refractivity contribution >= 4 is 0 Å². The zero-order valence-corrected chi connectivity index (χ0v) is 29.7. The maximum atomic E-state index is 15.4. The van der Waals surface area contributed by atoms with Crippen molar-refractivity contribution in [1.82, 2.24) is 0 Å². The zero-order valence-electron chi connectivity index (χ0n) is 29.7. The van der Waals surface area contributed by atoms with Gasteiger partial charge in [0.1, 0.15) is 23.7 Å². The van der Waals surface area contributed by atoms with Crippen molar-refractivity contribution in [3.63, 3.8) is 0 Å². The minimum Gasteiger partial charge on any atom is -0.242 e. The van der Waals surface area contributed by atoms with Crippen molar-refractivity contribution in [2.75, 3.05) is 0 Å². The van der Waals surface area contributed by atoms with Crippen LogP contribution < -0.4 is 0 Å². The van der Waals surface area contributed by atoms with Crippen LogP contribution in [0.1, 0.15) is 116 Å². The van der Waals surface area contributed by atoms with Crippen LogP contribution in [0, 0.1) is 59.2 Å². The lowest BCUT2D eigenvalue weighted by Gasteiger charge is -2.42. The minimum absolute atomic E-state index is 0.0902. The molecule has 0 saturated heterocycles. The molecule has 0 heterocycles. The summed E-state index contributed by atoms with van der Waals surface area (Å²) >= 11 is 0. The number of ether oxygens (including phenoxy) is 1. The summed E-state index contributed by atoms with van der Waals surface area (Å²) in [4.78, 5) is 0. The fourth-order valence-electron chi connectivity index (χ4n) is 9.45. The normalized spacial score (nSPS) is 31.6. The molecule has 1 unspecified atom stereocenters. The summed E-state index contributed by atoms with van der Waals surface area (Å²) in [5.41, 5.74) is 0.295. The Hall–Kier alpha value is -2.29. The lowest BCUT2D eigenvalue weighted by molar-refractivity contribution is -0.424. The van der Waals surface area contributed by atoms with E-state index in [0.29, 0.717) is 30.3 Å². The molecule has 0 aromatic heterocycles. The van der Waals surface area contributed by atoms with Crippen molar-refractivity contribution in [3.05, 3.63) is 47.9 Å². The van der Waals surface area contributed by atoms with Crippen LogP contribution in [0.15, 0.2) is 47.9 Å². The predicted molar refractivity (Wildman–Crippen MR) is 179 cm³/mol. The Morgan fingerprint density at radius 2 is 1.38 bits per heavy atom. The Balaban J connectivity index is 1.28. The van der Waals surface area contributed by atoms with Crippen LogP contribution in [0.4, 0.5) is 48.3 Å². The molecule has 4 aliphatic rings. The standard InChI is InChI=1S/C40H51F11O/c1-3-4-5-6-26-7-9-28(10-8-26)29-11-13-30(14-12-29)31-15-17-32(18-16-31)33-21-35(43)37(36(44)22-33)38(45,46)23-27(19-25(2)41)20-34(42)24-39(47,48)52-40(49,50)51/h20-22,26-32,35,37H,2,5-19,23-24H2,1H3/b34-20+/t26?,27-,28?,29?,30?,31?,32?,35?,37+/m1/s1. The topological polar surface area (TPSA) is 9.23 Å². The molecule has 3 saturated carbocycles. The highest BCUT2D eigenvalue weighted by molar-refractivity contribution is 5.33. The summed E-state index contributed by atoms with van der Waals surface area (Å²) in [6.45, 7) is 4.76. The maximum absolute atomic E-state index is 15.4. The van der Waals surface area contributed by atoms with Crippen LogP contribution in [0.3, 0.4) is 0 Å². The third-order valence-electron chi connectivity index (χ3n) is 11.9. The molecule has 0 aromatic carbocycles. The van der Waals surface area contributed by atoms with Gasteiger partial charge in [-0.1, -0.05) is 19.4 Å². The fourth-order valence-corrected chi connectivity index (χ4v) is 9.45. The molecule has 0 aromatic rings. The molecular formula is C40H51F11O. The number of allylic oxidation sites excluding steroid dienone is 6. The van der Waals surface area contributed by atoms with Gasteiger partial charge in [0.05, 0.1) is 12.2 Å². The molecule has 0 radical (unpaired) electrons. The molecule has 0 N–H and O–H groups in total. The highest BCUT2D eigenvalue weighted by Gasteiger charge is 2.50. The molecule has 1 nitrogen and oxygen atoms in total. The Kier molecular flexibility index (Phi) is 15.0. The van der Waals surface area contributed by atoms with E-state index >= 15 is 17.6 Å². The first-order valence-electron chi connectivity index (χ1n) is 18.7. The van der Waals surface area contributed by atoms with E-state index in [-0.39, 0.29) is 12.0 Å². The highest BCUT2D eigenvalue weighted by atomic mass is 19.4. The van der Waals surface area contributed by atoms with Gasteiger partial charge < -0.3 is 0 Å². The van der Waals surface area contributed by atoms with Gasteiger partial charge in [-0.05, 0) is 143 Å². The van der Waals surface area contributed by atoms with E-state index in [0.717, 1.165) is 49.2 Å². The molecule has 0 aliphatic heterocycles. The highest BCUT2D eigenvalue weighted by Crippen LogP contribution is 2.49. The molecule has 294 valence electrons. The van der Waals surface area contributed by atoms with Crippen molar-refractivity contribution in [3.8, 4) is 11.8 Å². The Morgan fingerprint density at radius 3 is 1.87 bits per heavy atom. The van der Waals surface area contributed by atoms with Crippen molar-refractivity contribution in [2.24, 2.45) is 47.3 Å². The Morgan fingerprint density at radius 1 is 0.865 bits per heavy atom. The SMILES string of the molecule is C=C(F)C[C@H](/C=C(/F)CC(F)(F)OC(F)(F)F)CC(F)(F)[C@@H]1C(F)=CC(C2CCC(C3CCC(C4CCC(CCC#CC)CC4)CC3)CC2)=CC1F. The number of halogens is 11. The summed E-state index contributed by atoms with van der Waals surface area (Å²) in [5, 5.41) is 0. The van der Waals surface area contributed by atoms with Gasteiger partial charge >= 0.3 is 12.5 Å². The quantitative estimate of drug-likeness (QED) is 0.127. The van der Waals surface area contributed by atoms with Crippen molar-refractivity contribution in [1.29, 1.82) is 0 Å².